The summed E-state index contributed by atoms with van der Waals surface area (Å²) in [6.45, 7) is 0.296. The van der Waals surface area contributed by atoms with Gasteiger partial charge in [-0.05, 0) is 29.8 Å². The number of aromatic nitrogens is 3. The molecule has 0 aliphatic carbocycles. The summed E-state index contributed by atoms with van der Waals surface area (Å²) in [5.41, 5.74) is 1.37. The van der Waals surface area contributed by atoms with Crippen LogP contribution < -0.4 is 0 Å². The van der Waals surface area contributed by atoms with Gasteiger partial charge in [-0.25, -0.2) is 13.4 Å². The number of rotatable bonds is 5. The fourth-order valence-corrected chi connectivity index (χ4v) is 3.04. The maximum absolute atomic E-state index is 11.5. The van der Waals surface area contributed by atoms with Crippen molar-refractivity contribution in [3.63, 3.8) is 0 Å². The summed E-state index contributed by atoms with van der Waals surface area (Å²) in [4.78, 5) is 8.79. The van der Waals surface area contributed by atoms with Crippen LogP contribution in [0.15, 0.2) is 66.0 Å². The average molecular weight is 343 g/mol. The van der Waals surface area contributed by atoms with E-state index in [2.05, 4.69) is 9.97 Å². The van der Waals surface area contributed by atoms with Crippen molar-refractivity contribution in [3.05, 3.63) is 66.6 Å². The van der Waals surface area contributed by atoms with Crippen LogP contribution in [0.4, 0.5) is 0 Å². The highest BCUT2D eigenvalue weighted by atomic mass is 32.2. The maximum Gasteiger partial charge on any atom is 0.175 e. The van der Waals surface area contributed by atoms with Crippen molar-refractivity contribution in [2.45, 2.75) is 17.5 Å². The SMILES string of the molecule is CS(=O)(=O)c1ccc(C(O)Cn2ccnc2-c2ccccn2)cc1. The molecule has 6 nitrogen and oxygen atoms in total. The molecule has 2 aromatic heterocycles. The lowest BCUT2D eigenvalue weighted by atomic mass is 10.1. The van der Waals surface area contributed by atoms with Gasteiger partial charge in [0.1, 0.15) is 5.69 Å². The van der Waals surface area contributed by atoms with Crippen LogP contribution in [-0.4, -0.2) is 34.3 Å². The van der Waals surface area contributed by atoms with Gasteiger partial charge >= 0.3 is 0 Å². The highest BCUT2D eigenvalue weighted by Gasteiger charge is 2.14. The number of aliphatic hydroxyl groups is 1. The average Bonchev–Trinajstić information content (AvgIpc) is 3.03. The van der Waals surface area contributed by atoms with Gasteiger partial charge in [0.2, 0.25) is 0 Å². The van der Waals surface area contributed by atoms with Gasteiger partial charge in [0.15, 0.2) is 15.7 Å². The van der Waals surface area contributed by atoms with Crippen molar-refractivity contribution in [2.75, 3.05) is 6.26 Å². The lowest BCUT2D eigenvalue weighted by Crippen LogP contribution is -2.10. The van der Waals surface area contributed by atoms with E-state index in [0.29, 0.717) is 17.9 Å². The second-order valence-corrected chi connectivity index (χ2v) is 7.49. The van der Waals surface area contributed by atoms with Crippen LogP contribution in [0.5, 0.6) is 0 Å². The Bertz CT molecular complexity index is 919. The molecule has 3 aromatic rings. The van der Waals surface area contributed by atoms with E-state index in [4.69, 9.17) is 0 Å². The highest BCUT2D eigenvalue weighted by Crippen LogP contribution is 2.21. The number of imidazole rings is 1. The molecule has 1 unspecified atom stereocenters. The van der Waals surface area contributed by atoms with Crippen molar-refractivity contribution in [2.24, 2.45) is 0 Å². The fourth-order valence-electron chi connectivity index (χ4n) is 2.41. The van der Waals surface area contributed by atoms with Crippen molar-refractivity contribution in [3.8, 4) is 11.5 Å². The van der Waals surface area contributed by atoms with Gasteiger partial charge in [0.05, 0.1) is 17.5 Å². The van der Waals surface area contributed by atoms with Crippen molar-refractivity contribution >= 4 is 9.84 Å². The Balaban J connectivity index is 1.81. The number of benzene rings is 1. The zero-order valence-corrected chi connectivity index (χ0v) is 13.9. The number of sulfone groups is 1. The molecule has 1 aromatic carbocycles. The molecule has 0 radical (unpaired) electrons. The zero-order valence-electron chi connectivity index (χ0n) is 13.1. The molecule has 0 aliphatic rings. The van der Waals surface area contributed by atoms with E-state index in [1.54, 1.807) is 30.7 Å². The Morgan fingerprint density at radius 3 is 2.46 bits per heavy atom. The number of hydrogen-bond acceptors (Lipinski definition) is 5. The summed E-state index contributed by atoms with van der Waals surface area (Å²) in [6.07, 6.45) is 5.49. The largest absolute Gasteiger partial charge is 0.387 e. The first-order valence-electron chi connectivity index (χ1n) is 7.36. The van der Waals surface area contributed by atoms with Crippen LogP contribution in [0.25, 0.3) is 11.5 Å². The first kappa shape index (κ1) is 16.4. The van der Waals surface area contributed by atoms with E-state index < -0.39 is 15.9 Å². The van der Waals surface area contributed by atoms with E-state index in [0.717, 1.165) is 11.9 Å². The van der Waals surface area contributed by atoms with E-state index in [1.165, 1.54) is 12.1 Å². The molecule has 0 aliphatic heterocycles. The van der Waals surface area contributed by atoms with Crippen LogP contribution in [0.3, 0.4) is 0 Å². The van der Waals surface area contributed by atoms with Crippen LogP contribution in [0.1, 0.15) is 11.7 Å². The quantitative estimate of drug-likeness (QED) is 0.767. The molecular weight excluding hydrogens is 326 g/mol. The molecule has 0 spiro atoms. The third kappa shape index (κ3) is 3.52. The van der Waals surface area contributed by atoms with Gasteiger partial charge in [-0.15, -0.1) is 0 Å². The van der Waals surface area contributed by atoms with Gasteiger partial charge in [0, 0.05) is 24.8 Å². The molecule has 0 saturated heterocycles. The fraction of sp³-hybridized carbons (Fsp3) is 0.176. The molecule has 124 valence electrons. The van der Waals surface area contributed by atoms with Crippen molar-refractivity contribution in [1.82, 2.24) is 14.5 Å². The summed E-state index contributed by atoms with van der Waals surface area (Å²) >= 11 is 0. The Morgan fingerprint density at radius 1 is 1.08 bits per heavy atom. The molecular formula is C17H17N3O3S. The molecule has 0 saturated carbocycles. The smallest absolute Gasteiger partial charge is 0.175 e. The minimum Gasteiger partial charge on any atom is -0.387 e. The molecule has 7 heteroatoms. The predicted molar refractivity (Wildman–Crippen MR) is 90.0 cm³/mol. The standard InChI is InChI=1S/C17H17N3O3S/c1-24(22,23)14-7-5-13(6-8-14)16(21)12-20-11-10-19-17(20)15-4-2-3-9-18-15/h2-11,16,21H,12H2,1H3. The Hall–Kier alpha value is -2.51. The lowest BCUT2D eigenvalue weighted by Gasteiger charge is -2.14. The minimum absolute atomic E-state index is 0.232. The number of nitrogens with zero attached hydrogens (tertiary/aromatic N) is 3. The molecule has 0 fully saturated rings. The Labute approximate surface area is 140 Å². The molecule has 1 N–H and O–H groups in total. The normalized spacial score (nSPS) is 12.9. The third-order valence-electron chi connectivity index (χ3n) is 3.67. The lowest BCUT2D eigenvalue weighted by molar-refractivity contribution is 0.157. The van der Waals surface area contributed by atoms with E-state index in [9.17, 15) is 13.5 Å². The Morgan fingerprint density at radius 2 is 1.83 bits per heavy atom. The highest BCUT2D eigenvalue weighted by molar-refractivity contribution is 7.90. The summed E-state index contributed by atoms with van der Waals surface area (Å²) in [5.74, 6) is 0.669. The van der Waals surface area contributed by atoms with Gasteiger partial charge in [-0.1, -0.05) is 18.2 Å². The first-order valence-corrected chi connectivity index (χ1v) is 9.25. The van der Waals surface area contributed by atoms with E-state index >= 15 is 0 Å². The van der Waals surface area contributed by atoms with Gasteiger partial charge in [-0.3, -0.25) is 4.98 Å². The van der Waals surface area contributed by atoms with E-state index in [1.807, 2.05) is 22.8 Å². The zero-order chi connectivity index (χ0) is 17.2. The van der Waals surface area contributed by atoms with Gasteiger partial charge in [0.25, 0.3) is 0 Å². The van der Waals surface area contributed by atoms with Crippen molar-refractivity contribution in [1.29, 1.82) is 0 Å². The second-order valence-electron chi connectivity index (χ2n) is 5.48. The number of pyridine rings is 1. The monoisotopic (exact) mass is 343 g/mol. The van der Waals surface area contributed by atoms with Crippen LogP contribution >= 0.6 is 0 Å². The first-order chi connectivity index (χ1) is 11.4. The van der Waals surface area contributed by atoms with Gasteiger partial charge < -0.3 is 9.67 Å². The predicted octanol–water partition coefficient (Wildman–Crippen LogP) is 2.08. The Kier molecular flexibility index (Phi) is 4.46. The molecule has 1 atom stereocenters. The summed E-state index contributed by atoms with van der Waals surface area (Å²) in [5, 5.41) is 10.4. The molecule has 2 heterocycles. The van der Waals surface area contributed by atoms with Crippen LogP contribution in [0.2, 0.25) is 0 Å². The second kappa shape index (κ2) is 6.54. The number of aliphatic hydroxyl groups excluding tert-OH is 1. The molecule has 3 rings (SSSR count). The minimum atomic E-state index is -3.24. The van der Waals surface area contributed by atoms with Crippen LogP contribution in [-0.2, 0) is 16.4 Å². The summed E-state index contributed by atoms with van der Waals surface area (Å²) in [6, 6.07) is 11.8. The van der Waals surface area contributed by atoms with Gasteiger partial charge in [-0.2, -0.15) is 0 Å². The van der Waals surface area contributed by atoms with Crippen LogP contribution in [0, 0.1) is 0 Å². The molecule has 0 amide bonds. The summed E-state index contributed by atoms with van der Waals surface area (Å²) in [7, 11) is -3.24. The molecule has 0 bridgehead atoms. The summed E-state index contributed by atoms with van der Waals surface area (Å²) < 4.78 is 24.8. The van der Waals surface area contributed by atoms with Crippen molar-refractivity contribution < 1.29 is 13.5 Å². The molecule has 24 heavy (non-hydrogen) atoms. The topological polar surface area (TPSA) is 85.1 Å². The third-order valence-corrected chi connectivity index (χ3v) is 4.80. The number of hydrogen-bond donors (Lipinski definition) is 1. The maximum atomic E-state index is 11.5. The van der Waals surface area contributed by atoms with E-state index in [-0.39, 0.29) is 4.90 Å².